The van der Waals surface area contributed by atoms with Crippen molar-refractivity contribution in [3.05, 3.63) is 0 Å². The molecule has 1 rings (SSSR count). The van der Waals surface area contributed by atoms with E-state index in [-0.39, 0.29) is 11.3 Å². The highest BCUT2D eigenvalue weighted by atomic mass is 16.5. The Hall–Kier alpha value is -0.610. The largest absolute Gasteiger partial charge is 0.378 e. The highest BCUT2D eigenvalue weighted by molar-refractivity contribution is 5.82. The Morgan fingerprint density at radius 3 is 2.53 bits per heavy atom. The summed E-state index contributed by atoms with van der Waals surface area (Å²) in [4.78, 5) is 14.1. The number of nitrogens with zero attached hydrogens (tertiary/aromatic N) is 1. The molecule has 4 nitrogen and oxygen atoms in total. The monoisotopic (exact) mass is 242 g/mol. The van der Waals surface area contributed by atoms with Crippen molar-refractivity contribution < 1.29 is 9.53 Å². The molecule has 0 bridgehead atoms. The van der Waals surface area contributed by atoms with Gasteiger partial charge in [-0.3, -0.25) is 4.79 Å². The molecule has 0 heterocycles. The maximum atomic E-state index is 12.3. The molecule has 2 N–H and O–H groups in total. The maximum Gasteiger partial charge on any atom is 0.228 e. The first-order valence-electron chi connectivity index (χ1n) is 6.63. The van der Waals surface area contributed by atoms with Gasteiger partial charge in [0.15, 0.2) is 0 Å². The summed E-state index contributed by atoms with van der Waals surface area (Å²) in [6, 6.07) is 0. The number of hydrogen-bond acceptors (Lipinski definition) is 3. The number of rotatable bonds is 6. The Kier molecular flexibility index (Phi) is 5.92. The highest BCUT2D eigenvalue weighted by Gasteiger charge is 2.36. The Morgan fingerprint density at radius 1 is 1.29 bits per heavy atom. The zero-order valence-corrected chi connectivity index (χ0v) is 11.2. The summed E-state index contributed by atoms with van der Waals surface area (Å²) in [7, 11) is 1.87. The molecular weight excluding hydrogens is 216 g/mol. The lowest BCUT2D eigenvalue weighted by atomic mass is 9.75. The van der Waals surface area contributed by atoms with E-state index < -0.39 is 0 Å². The lowest BCUT2D eigenvalue weighted by Gasteiger charge is -2.35. The Balaban J connectivity index is 2.34. The van der Waals surface area contributed by atoms with Crippen LogP contribution in [0, 0.1) is 5.41 Å². The van der Waals surface area contributed by atoms with Crippen molar-refractivity contribution in [3.8, 4) is 0 Å². The molecule has 0 atom stereocenters. The summed E-state index contributed by atoms with van der Waals surface area (Å²) in [6.07, 6.45) is 5.69. The average Bonchev–Trinajstić information content (AvgIpc) is 2.34. The summed E-state index contributed by atoms with van der Waals surface area (Å²) in [5.74, 6) is 0.272. The predicted molar refractivity (Wildman–Crippen MR) is 68.7 cm³/mol. The molecule has 1 fully saturated rings. The van der Waals surface area contributed by atoms with Gasteiger partial charge < -0.3 is 15.4 Å². The first-order chi connectivity index (χ1) is 8.10. The summed E-state index contributed by atoms with van der Waals surface area (Å²) in [5, 5.41) is 0. The first kappa shape index (κ1) is 14.5. The van der Waals surface area contributed by atoms with Gasteiger partial charge in [-0.1, -0.05) is 26.2 Å². The fraction of sp³-hybridized carbons (Fsp3) is 0.923. The molecule has 0 unspecified atom stereocenters. The molecule has 0 spiro atoms. The molecule has 0 aromatic rings. The maximum absolute atomic E-state index is 12.3. The Labute approximate surface area is 104 Å². The van der Waals surface area contributed by atoms with E-state index in [1.165, 1.54) is 19.3 Å². The van der Waals surface area contributed by atoms with E-state index in [0.29, 0.717) is 26.3 Å². The topological polar surface area (TPSA) is 55.6 Å². The van der Waals surface area contributed by atoms with Crippen LogP contribution in [0.25, 0.3) is 0 Å². The number of likely N-dealkylation sites (N-methyl/N-ethyl adjacent to an activating group) is 1. The Morgan fingerprint density at radius 2 is 1.94 bits per heavy atom. The molecule has 17 heavy (non-hydrogen) atoms. The molecule has 0 aliphatic heterocycles. The van der Waals surface area contributed by atoms with Crippen molar-refractivity contribution in [1.29, 1.82) is 0 Å². The van der Waals surface area contributed by atoms with Gasteiger partial charge in [0.25, 0.3) is 0 Å². The fourth-order valence-electron chi connectivity index (χ4n) is 2.50. The van der Waals surface area contributed by atoms with Gasteiger partial charge in [-0.15, -0.1) is 0 Å². The van der Waals surface area contributed by atoms with E-state index in [1.54, 1.807) is 0 Å². The molecule has 0 saturated heterocycles. The average molecular weight is 242 g/mol. The molecule has 1 amide bonds. The SMILES string of the molecule is CN(CCOCCN)C(=O)C1(C)CCCCC1. The van der Waals surface area contributed by atoms with Gasteiger partial charge in [-0.05, 0) is 12.8 Å². The number of hydrogen-bond donors (Lipinski definition) is 1. The first-order valence-corrected chi connectivity index (χ1v) is 6.63. The number of amides is 1. The molecule has 4 heteroatoms. The molecule has 1 aliphatic carbocycles. The van der Waals surface area contributed by atoms with Crippen LogP contribution in [0.3, 0.4) is 0 Å². The second kappa shape index (κ2) is 6.97. The summed E-state index contributed by atoms with van der Waals surface area (Å²) in [5.41, 5.74) is 5.20. The smallest absolute Gasteiger partial charge is 0.228 e. The lowest BCUT2D eigenvalue weighted by molar-refractivity contribution is -0.142. The van der Waals surface area contributed by atoms with Crippen molar-refractivity contribution in [2.75, 3.05) is 33.4 Å². The summed E-state index contributed by atoms with van der Waals surface area (Å²) in [6.45, 7) is 4.45. The second-order valence-electron chi connectivity index (χ2n) is 5.25. The van der Waals surface area contributed by atoms with E-state index in [4.69, 9.17) is 10.5 Å². The number of ether oxygens (including phenoxy) is 1. The minimum absolute atomic E-state index is 0.138. The van der Waals surface area contributed by atoms with Gasteiger partial charge in [0.1, 0.15) is 0 Å². The highest BCUT2D eigenvalue weighted by Crippen LogP contribution is 2.37. The fourth-order valence-corrected chi connectivity index (χ4v) is 2.50. The van der Waals surface area contributed by atoms with Crippen molar-refractivity contribution in [1.82, 2.24) is 4.90 Å². The van der Waals surface area contributed by atoms with Crippen LogP contribution in [0.1, 0.15) is 39.0 Å². The van der Waals surface area contributed by atoms with Crippen LogP contribution in [-0.4, -0.2) is 44.2 Å². The number of nitrogens with two attached hydrogens (primary N) is 1. The molecule has 0 radical (unpaired) electrons. The molecule has 1 saturated carbocycles. The van der Waals surface area contributed by atoms with E-state index in [0.717, 1.165) is 12.8 Å². The van der Waals surface area contributed by atoms with Crippen LogP contribution in [-0.2, 0) is 9.53 Å². The quantitative estimate of drug-likeness (QED) is 0.716. The minimum Gasteiger partial charge on any atom is -0.378 e. The molecule has 1 aliphatic rings. The van der Waals surface area contributed by atoms with Gasteiger partial charge in [0.2, 0.25) is 5.91 Å². The van der Waals surface area contributed by atoms with Gasteiger partial charge in [0, 0.05) is 25.6 Å². The summed E-state index contributed by atoms with van der Waals surface area (Å²) < 4.78 is 5.30. The third-order valence-electron chi connectivity index (χ3n) is 3.65. The minimum atomic E-state index is -0.138. The molecular formula is C13H26N2O2. The number of carbonyl (C=O) groups excluding carboxylic acids is 1. The van der Waals surface area contributed by atoms with Gasteiger partial charge in [0.05, 0.1) is 13.2 Å². The van der Waals surface area contributed by atoms with Crippen molar-refractivity contribution >= 4 is 5.91 Å². The Bertz CT molecular complexity index is 238. The summed E-state index contributed by atoms with van der Waals surface area (Å²) >= 11 is 0. The van der Waals surface area contributed by atoms with Crippen LogP contribution in [0.15, 0.2) is 0 Å². The third kappa shape index (κ3) is 4.28. The van der Waals surface area contributed by atoms with Crippen LogP contribution in [0.2, 0.25) is 0 Å². The molecule has 0 aromatic heterocycles. The standard InChI is InChI=1S/C13H26N2O2/c1-13(6-4-3-5-7-13)12(16)15(2)9-11-17-10-8-14/h3-11,14H2,1-2H3. The zero-order valence-electron chi connectivity index (χ0n) is 11.2. The van der Waals surface area contributed by atoms with E-state index in [9.17, 15) is 4.79 Å². The second-order valence-corrected chi connectivity index (χ2v) is 5.25. The molecule has 0 aromatic carbocycles. The van der Waals surface area contributed by atoms with Gasteiger partial charge in [-0.25, -0.2) is 0 Å². The van der Waals surface area contributed by atoms with Crippen molar-refractivity contribution in [2.45, 2.75) is 39.0 Å². The van der Waals surface area contributed by atoms with E-state index in [1.807, 2.05) is 11.9 Å². The normalized spacial score (nSPS) is 19.0. The van der Waals surface area contributed by atoms with Crippen LogP contribution in [0.4, 0.5) is 0 Å². The van der Waals surface area contributed by atoms with Crippen LogP contribution in [0.5, 0.6) is 0 Å². The van der Waals surface area contributed by atoms with Gasteiger partial charge >= 0.3 is 0 Å². The van der Waals surface area contributed by atoms with Gasteiger partial charge in [-0.2, -0.15) is 0 Å². The van der Waals surface area contributed by atoms with Crippen molar-refractivity contribution in [3.63, 3.8) is 0 Å². The molecule has 100 valence electrons. The lowest BCUT2D eigenvalue weighted by Crippen LogP contribution is -2.42. The van der Waals surface area contributed by atoms with E-state index >= 15 is 0 Å². The van der Waals surface area contributed by atoms with E-state index in [2.05, 4.69) is 6.92 Å². The van der Waals surface area contributed by atoms with Crippen LogP contribution >= 0.6 is 0 Å². The third-order valence-corrected chi connectivity index (χ3v) is 3.65. The predicted octanol–water partition coefficient (Wildman–Crippen LogP) is 1.39. The van der Waals surface area contributed by atoms with Crippen molar-refractivity contribution in [2.24, 2.45) is 11.1 Å². The number of carbonyl (C=O) groups is 1. The zero-order chi connectivity index (χ0) is 12.7. The van der Waals surface area contributed by atoms with Crippen LogP contribution < -0.4 is 5.73 Å².